The molecule has 0 spiro atoms. The molecule has 1 amide bonds. The Morgan fingerprint density at radius 1 is 1.06 bits per heavy atom. The lowest BCUT2D eigenvalue weighted by Gasteiger charge is -2.21. The van der Waals surface area contributed by atoms with Gasteiger partial charge in [-0.2, -0.15) is 9.40 Å². The third-order valence-electron chi connectivity index (χ3n) is 5.49. The lowest BCUT2D eigenvalue weighted by atomic mass is 10.1. The zero-order chi connectivity index (χ0) is 24.0. The molecule has 0 saturated heterocycles. The second-order valence-electron chi connectivity index (χ2n) is 7.71. The molecule has 0 atom stereocenters. The van der Waals surface area contributed by atoms with E-state index in [0.29, 0.717) is 25.2 Å². The van der Waals surface area contributed by atoms with Crippen molar-refractivity contribution >= 4 is 27.5 Å². The van der Waals surface area contributed by atoms with Gasteiger partial charge < -0.3 is 4.90 Å². The van der Waals surface area contributed by atoms with Crippen LogP contribution in [0, 0.1) is 0 Å². The quantitative estimate of drug-likeness (QED) is 0.456. The number of aryl methyl sites for hydroxylation is 1. The number of halogens is 1. The smallest absolute Gasteiger partial charge is 0.253 e. The van der Waals surface area contributed by atoms with Gasteiger partial charge in [-0.1, -0.05) is 55.8 Å². The summed E-state index contributed by atoms with van der Waals surface area (Å²) in [7, 11) is -2.06. The number of rotatable bonds is 10. The lowest BCUT2D eigenvalue weighted by Crippen LogP contribution is -2.31. The Morgan fingerprint density at radius 2 is 1.76 bits per heavy atom. The molecule has 1 aromatic heterocycles. The number of sulfonamides is 1. The van der Waals surface area contributed by atoms with Gasteiger partial charge in [-0.15, -0.1) is 0 Å². The van der Waals surface area contributed by atoms with Crippen molar-refractivity contribution in [3.8, 4) is 11.3 Å². The average Bonchev–Trinajstić information content (AvgIpc) is 3.29. The van der Waals surface area contributed by atoms with Gasteiger partial charge in [0.15, 0.2) is 0 Å². The number of nitrogens with one attached hydrogen (secondary N) is 1. The van der Waals surface area contributed by atoms with E-state index in [4.69, 9.17) is 11.6 Å². The first-order valence-corrected chi connectivity index (χ1v) is 12.7. The Morgan fingerprint density at radius 3 is 2.42 bits per heavy atom. The molecular weight excluding hydrogens is 460 g/mol. The molecule has 0 radical (unpaired) electrons. The van der Waals surface area contributed by atoms with Crippen LogP contribution in [-0.4, -0.2) is 60.4 Å². The van der Waals surface area contributed by atoms with Crippen molar-refractivity contribution in [2.45, 2.75) is 31.6 Å². The van der Waals surface area contributed by atoms with E-state index in [1.165, 1.54) is 16.4 Å². The van der Waals surface area contributed by atoms with Crippen LogP contribution in [0.2, 0.25) is 5.02 Å². The molecule has 0 aliphatic heterocycles. The highest BCUT2D eigenvalue weighted by Gasteiger charge is 2.26. The predicted molar refractivity (Wildman–Crippen MR) is 131 cm³/mol. The zero-order valence-corrected chi connectivity index (χ0v) is 20.7. The molecule has 0 aliphatic rings. The minimum absolute atomic E-state index is 0.0435. The first kappa shape index (κ1) is 25.0. The van der Waals surface area contributed by atoms with Crippen LogP contribution in [0.15, 0.2) is 59.5 Å². The monoisotopic (exact) mass is 488 g/mol. The van der Waals surface area contributed by atoms with Gasteiger partial charge in [0.1, 0.15) is 4.90 Å². The Labute approximate surface area is 200 Å². The molecule has 1 N–H and O–H groups in total. The molecule has 0 aliphatic carbocycles. The van der Waals surface area contributed by atoms with Crippen LogP contribution in [0.25, 0.3) is 11.3 Å². The van der Waals surface area contributed by atoms with E-state index < -0.39 is 10.0 Å². The molecule has 2 aromatic carbocycles. The fraction of sp³-hybridized carbons (Fsp3) is 0.333. The summed E-state index contributed by atoms with van der Waals surface area (Å²) in [5.74, 6) is -0.253. The minimum atomic E-state index is -3.77. The Balaban J connectivity index is 1.64. The van der Waals surface area contributed by atoms with Crippen LogP contribution >= 0.6 is 11.6 Å². The third-order valence-corrected chi connectivity index (χ3v) is 8.02. The number of H-pyrrole nitrogens is 1. The number of hydrogen-bond donors (Lipinski definition) is 1. The van der Waals surface area contributed by atoms with E-state index in [1.54, 1.807) is 31.9 Å². The molecule has 9 heteroatoms. The van der Waals surface area contributed by atoms with Gasteiger partial charge in [0.2, 0.25) is 10.0 Å². The van der Waals surface area contributed by atoms with Crippen molar-refractivity contribution in [3.05, 3.63) is 70.9 Å². The molecule has 0 fully saturated rings. The van der Waals surface area contributed by atoms with E-state index >= 15 is 0 Å². The van der Waals surface area contributed by atoms with Gasteiger partial charge in [-0.25, -0.2) is 8.42 Å². The summed E-state index contributed by atoms with van der Waals surface area (Å²) in [6.45, 7) is 4.69. The first-order chi connectivity index (χ1) is 15.8. The molecular formula is C24H29ClN4O3S. The summed E-state index contributed by atoms with van der Waals surface area (Å²) < 4.78 is 27.1. The molecule has 33 heavy (non-hydrogen) atoms. The molecule has 3 rings (SSSR count). The minimum Gasteiger partial charge on any atom is -0.342 e. The molecule has 0 saturated carbocycles. The topological polar surface area (TPSA) is 86.4 Å². The van der Waals surface area contributed by atoms with Crippen LogP contribution in [0.3, 0.4) is 0 Å². The molecule has 0 unspecified atom stereocenters. The van der Waals surface area contributed by atoms with E-state index in [1.807, 2.05) is 36.4 Å². The number of aromatic nitrogens is 2. The fourth-order valence-electron chi connectivity index (χ4n) is 3.61. The summed E-state index contributed by atoms with van der Waals surface area (Å²) in [6.07, 6.45) is 1.47. The van der Waals surface area contributed by atoms with Gasteiger partial charge in [0, 0.05) is 43.5 Å². The second kappa shape index (κ2) is 11.0. The van der Waals surface area contributed by atoms with Crippen molar-refractivity contribution in [1.82, 2.24) is 19.4 Å². The van der Waals surface area contributed by atoms with Crippen LogP contribution in [-0.2, 0) is 16.4 Å². The number of hydrogen-bond acceptors (Lipinski definition) is 4. The van der Waals surface area contributed by atoms with Crippen molar-refractivity contribution in [2.75, 3.05) is 26.7 Å². The van der Waals surface area contributed by atoms with Crippen LogP contribution in [0.5, 0.6) is 0 Å². The highest BCUT2D eigenvalue weighted by Crippen LogP contribution is 2.26. The second-order valence-corrected chi connectivity index (χ2v) is 10.0. The van der Waals surface area contributed by atoms with Crippen LogP contribution < -0.4 is 0 Å². The van der Waals surface area contributed by atoms with Crippen molar-refractivity contribution in [1.29, 1.82) is 0 Å². The SMILES string of the molecule is CCN(CC)S(=O)(=O)c1cc(C(=O)N(C)CCCc2cc(-c3ccccc3)n[nH]2)ccc1Cl. The summed E-state index contributed by atoms with van der Waals surface area (Å²) in [5.41, 5.74) is 3.22. The largest absolute Gasteiger partial charge is 0.342 e. The van der Waals surface area contributed by atoms with Crippen molar-refractivity contribution in [2.24, 2.45) is 0 Å². The van der Waals surface area contributed by atoms with E-state index in [2.05, 4.69) is 10.2 Å². The molecule has 3 aromatic rings. The van der Waals surface area contributed by atoms with Gasteiger partial charge in [0.05, 0.1) is 10.7 Å². The highest BCUT2D eigenvalue weighted by atomic mass is 35.5. The van der Waals surface area contributed by atoms with Gasteiger partial charge in [-0.05, 0) is 37.1 Å². The summed E-state index contributed by atoms with van der Waals surface area (Å²) >= 11 is 6.18. The van der Waals surface area contributed by atoms with E-state index in [9.17, 15) is 13.2 Å². The highest BCUT2D eigenvalue weighted by molar-refractivity contribution is 7.89. The molecule has 1 heterocycles. The average molecular weight is 489 g/mol. The predicted octanol–water partition coefficient (Wildman–Crippen LogP) is 4.47. The van der Waals surface area contributed by atoms with E-state index in [-0.39, 0.29) is 15.8 Å². The van der Waals surface area contributed by atoms with Gasteiger partial charge >= 0.3 is 0 Å². The first-order valence-electron chi connectivity index (χ1n) is 10.9. The van der Waals surface area contributed by atoms with Crippen molar-refractivity contribution < 1.29 is 13.2 Å². The summed E-state index contributed by atoms with van der Waals surface area (Å²) in [6, 6.07) is 16.3. The number of amides is 1. The van der Waals surface area contributed by atoms with Gasteiger partial charge in [-0.3, -0.25) is 9.89 Å². The molecule has 7 nitrogen and oxygen atoms in total. The Kier molecular flexibility index (Phi) is 8.29. The standard InChI is InChI=1S/C24H29ClN4O3S/c1-4-29(5-2)33(31,32)23-16-19(13-14-21(23)25)24(30)28(3)15-9-12-20-17-22(27-26-20)18-10-7-6-8-11-18/h6-8,10-11,13-14,16-17H,4-5,9,12,15H2,1-3H3,(H,26,27). The molecule has 0 bridgehead atoms. The number of aromatic amines is 1. The number of benzene rings is 2. The summed E-state index contributed by atoms with van der Waals surface area (Å²) in [4.78, 5) is 14.5. The maximum atomic E-state index is 12.9. The maximum absolute atomic E-state index is 12.9. The van der Waals surface area contributed by atoms with Crippen LogP contribution in [0.1, 0.15) is 36.3 Å². The van der Waals surface area contributed by atoms with Crippen molar-refractivity contribution in [3.63, 3.8) is 0 Å². The normalized spacial score (nSPS) is 11.7. The fourth-order valence-corrected chi connectivity index (χ4v) is 5.57. The zero-order valence-electron chi connectivity index (χ0n) is 19.1. The third kappa shape index (κ3) is 5.82. The lowest BCUT2D eigenvalue weighted by molar-refractivity contribution is 0.0793. The van der Waals surface area contributed by atoms with Crippen LogP contribution in [0.4, 0.5) is 0 Å². The summed E-state index contributed by atoms with van der Waals surface area (Å²) in [5, 5.41) is 7.51. The Hall–Kier alpha value is -2.68. The maximum Gasteiger partial charge on any atom is 0.253 e. The number of carbonyl (C=O) groups excluding carboxylic acids is 1. The molecule has 176 valence electrons. The Bertz CT molecular complexity index is 1190. The number of carbonyl (C=O) groups is 1. The van der Waals surface area contributed by atoms with Gasteiger partial charge in [0.25, 0.3) is 5.91 Å². The van der Waals surface area contributed by atoms with E-state index in [0.717, 1.165) is 29.8 Å². The number of nitrogens with zero attached hydrogens (tertiary/aromatic N) is 3.